The van der Waals surface area contributed by atoms with Gasteiger partial charge >= 0.3 is 17.9 Å². The fourth-order valence-corrected chi connectivity index (χ4v) is 5.50. The lowest BCUT2D eigenvalue weighted by atomic mass is 10.1. The average molecular weight is 640 g/mol. The van der Waals surface area contributed by atoms with Crippen LogP contribution in [0.5, 0.6) is 5.75 Å². The average Bonchev–Trinajstić information content (AvgIpc) is 3.34. The molecular weight excluding hydrogens is 598 g/mol. The number of para-hydroxylation sites is 2. The van der Waals surface area contributed by atoms with Gasteiger partial charge in [-0.15, -0.1) is 0 Å². The van der Waals surface area contributed by atoms with E-state index in [1.54, 1.807) is 38.6 Å². The van der Waals surface area contributed by atoms with Gasteiger partial charge in [-0.2, -0.15) is 0 Å². The van der Waals surface area contributed by atoms with Crippen molar-refractivity contribution in [3.63, 3.8) is 0 Å². The van der Waals surface area contributed by atoms with Crippen molar-refractivity contribution in [1.82, 2.24) is 24.3 Å². The predicted octanol–water partition coefficient (Wildman–Crippen LogP) is 5.49. The third-order valence-electron chi connectivity index (χ3n) is 7.75. The zero-order valence-electron chi connectivity index (χ0n) is 27.3. The largest absolute Gasteiger partial charge is 0.444 e. The van der Waals surface area contributed by atoms with Crippen LogP contribution in [0.25, 0.3) is 16.9 Å². The maximum atomic E-state index is 14.5. The number of imidazole rings is 1. The van der Waals surface area contributed by atoms with Gasteiger partial charge in [-0.05, 0) is 57.9 Å². The van der Waals surface area contributed by atoms with E-state index < -0.39 is 17.8 Å². The van der Waals surface area contributed by atoms with Gasteiger partial charge in [0.05, 0.1) is 11.4 Å². The maximum Gasteiger partial charge on any atom is 0.412 e. The summed E-state index contributed by atoms with van der Waals surface area (Å²) in [6, 6.07) is 25.7. The van der Waals surface area contributed by atoms with E-state index in [4.69, 9.17) is 9.47 Å². The molecule has 1 aromatic heterocycles. The number of ether oxygens (including phenoxy) is 2. The highest BCUT2D eigenvalue weighted by Crippen LogP contribution is 2.29. The first-order valence-corrected chi connectivity index (χ1v) is 15.8. The van der Waals surface area contributed by atoms with Crippen molar-refractivity contribution in [3.05, 3.63) is 107 Å². The molecule has 0 unspecified atom stereocenters. The highest BCUT2D eigenvalue weighted by Gasteiger charge is 2.33. The van der Waals surface area contributed by atoms with E-state index in [0.29, 0.717) is 42.2 Å². The molecule has 3 amide bonds. The lowest BCUT2D eigenvalue weighted by Gasteiger charge is -2.35. The summed E-state index contributed by atoms with van der Waals surface area (Å²) in [7, 11) is 0. The molecule has 1 aliphatic rings. The summed E-state index contributed by atoms with van der Waals surface area (Å²) in [5.41, 5.74) is 2.01. The summed E-state index contributed by atoms with van der Waals surface area (Å²) in [5.74, 6) is 0.109. The van der Waals surface area contributed by atoms with Gasteiger partial charge in [0, 0.05) is 44.8 Å². The number of piperazine rings is 1. The Labute approximate surface area is 274 Å². The molecule has 0 saturated carbocycles. The van der Waals surface area contributed by atoms with E-state index in [2.05, 4.69) is 5.32 Å². The Balaban J connectivity index is 1.46. The molecule has 5 rings (SSSR count). The van der Waals surface area contributed by atoms with E-state index in [1.165, 1.54) is 4.57 Å². The van der Waals surface area contributed by atoms with Crippen LogP contribution in [0.3, 0.4) is 0 Å². The first kappa shape index (κ1) is 33.1. The summed E-state index contributed by atoms with van der Waals surface area (Å²) < 4.78 is 14.0. The van der Waals surface area contributed by atoms with Crippen LogP contribution in [-0.4, -0.2) is 75.4 Å². The van der Waals surface area contributed by atoms with Crippen molar-refractivity contribution in [1.29, 1.82) is 0 Å². The molecule has 0 atom stereocenters. The first-order valence-electron chi connectivity index (χ1n) is 15.8. The standard InChI is InChI=1S/C36H41N5O6/c1-26-14-11-12-19-29(26)41-30(27-15-7-5-8-16-27)31(32(42)38-22-24-39(25-23-38)35(45)47-36(2,3)4)40(34(41)44)21-13-20-37-33(43)46-28-17-9-6-10-18-28/h5-12,14-19H,13,20-25H2,1-4H3,(H,37,43). The number of nitrogens with one attached hydrogen (secondary N) is 1. The number of aryl methyl sites for hydroxylation is 1. The number of carbonyl (C=O) groups is 3. The quantitative estimate of drug-likeness (QED) is 0.255. The Bertz CT molecular complexity index is 1770. The van der Waals surface area contributed by atoms with Crippen LogP contribution in [0.15, 0.2) is 89.7 Å². The Hall–Kier alpha value is -5.32. The first-order chi connectivity index (χ1) is 22.5. The van der Waals surface area contributed by atoms with Crippen molar-refractivity contribution in [2.45, 2.75) is 46.3 Å². The third kappa shape index (κ3) is 7.92. The molecule has 0 bridgehead atoms. The van der Waals surface area contributed by atoms with Gasteiger partial charge in [0.1, 0.15) is 17.0 Å². The summed E-state index contributed by atoms with van der Waals surface area (Å²) >= 11 is 0. The third-order valence-corrected chi connectivity index (χ3v) is 7.75. The molecule has 246 valence electrons. The number of rotatable bonds is 8. The number of hydrogen-bond donors (Lipinski definition) is 1. The molecule has 1 saturated heterocycles. The number of nitrogens with zero attached hydrogens (tertiary/aromatic N) is 4. The molecule has 11 heteroatoms. The molecular formula is C36H41N5O6. The molecule has 2 heterocycles. The molecule has 47 heavy (non-hydrogen) atoms. The molecule has 1 fully saturated rings. The summed E-state index contributed by atoms with van der Waals surface area (Å²) in [6.45, 7) is 8.93. The van der Waals surface area contributed by atoms with Crippen molar-refractivity contribution in [3.8, 4) is 22.7 Å². The monoisotopic (exact) mass is 639 g/mol. The lowest BCUT2D eigenvalue weighted by molar-refractivity contribution is 0.0139. The summed E-state index contributed by atoms with van der Waals surface area (Å²) in [6.07, 6.45) is -0.664. The minimum absolute atomic E-state index is 0.169. The van der Waals surface area contributed by atoms with E-state index in [0.717, 1.165) is 5.56 Å². The van der Waals surface area contributed by atoms with Crippen LogP contribution < -0.4 is 15.7 Å². The smallest absolute Gasteiger partial charge is 0.412 e. The van der Waals surface area contributed by atoms with Gasteiger partial charge in [0.2, 0.25) is 0 Å². The zero-order valence-corrected chi connectivity index (χ0v) is 27.3. The highest BCUT2D eigenvalue weighted by molar-refractivity contribution is 5.99. The fourth-order valence-electron chi connectivity index (χ4n) is 5.50. The summed E-state index contributed by atoms with van der Waals surface area (Å²) in [4.78, 5) is 57.2. The van der Waals surface area contributed by atoms with Gasteiger partial charge in [-0.3, -0.25) is 13.9 Å². The molecule has 1 N–H and O–H groups in total. The zero-order chi connectivity index (χ0) is 33.6. The minimum atomic E-state index is -0.629. The summed E-state index contributed by atoms with van der Waals surface area (Å²) in [5, 5.41) is 2.73. The highest BCUT2D eigenvalue weighted by atomic mass is 16.6. The van der Waals surface area contributed by atoms with E-state index in [9.17, 15) is 19.2 Å². The Morgan fingerprint density at radius 1 is 0.809 bits per heavy atom. The second kappa shape index (κ2) is 14.4. The SMILES string of the molecule is Cc1ccccc1-n1c(-c2ccccc2)c(C(=O)N2CCN(C(=O)OC(C)(C)C)CC2)n(CCCNC(=O)Oc2ccccc2)c1=O. The van der Waals surface area contributed by atoms with Crippen molar-refractivity contribution >= 4 is 18.1 Å². The molecule has 11 nitrogen and oxygen atoms in total. The fraction of sp³-hybridized carbons (Fsp3) is 0.333. The van der Waals surface area contributed by atoms with E-state index in [1.807, 2.05) is 88.4 Å². The van der Waals surface area contributed by atoms with Crippen molar-refractivity contribution in [2.75, 3.05) is 32.7 Å². The maximum absolute atomic E-state index is 14.5. The molecule has 0 aliphatic carbocycles. The van der Waals surface area contributed by atoms with Crippen molar-refractivity contribution < 1.29 is 23.9 Å². The normalized spacial score (nSPS) is 13.3. The van der Waals surface area contributed by atoms with Gasteiger partial charge in [-0.1, -0.05) is 66.7 Å². The second-order valence-corrected chi connectivity index (χ2v) is 12.4. The molecule has 0 spiro atoms. The van der Waals surface area contributed by atoms with Gasteiger partial charge in [-0.25, -0.2) is 14.4 Å². The number of amides is 3. The lowest BCUT2D eigenvalue weighted by Crippen LogP contribution is -2.52. The number of aromatic nitrogens is 2. The van der Waals surface area contributed by atoms with E-state index in [-0.39, 0.29) is 43.5 Å². The van der Waals surface area contributed by atoms with Crippen LogP contribution in [0.2, 0.25) is 0 Å². The topological polar surface area (TPSA) is 115 Å². The van der Waals surface area contributed by atoms with Crippen LogP contribution >= 0.6 is 0 Å². The van der Waals surface area contributed by atoms with Crippen LogP contribution in [-0.2, 0) is 11.3 Å². The van der Waals surface area contributed by atoms with Crippen LogP contribution in [0.4, 0.5) is 9.59 Å². The number of carbonyl (C=O) groups excluding carboxylic acids is 3. The van der Waals surface area contributed by atoms with Gasteiger partial charge < -0.3 is 24.6 Å². The molecule has 4 aromatic rings. The number of benzene rings is 3. The Morgan fingerprint density at radius 3 is 2.04 bits per heavy atom. The van der Waals surface area contributed by atoms with Crippen LogP contribution in [0.1, 0.15) is 43.2 Å². The van der Waals surface area contributed by atoms with Gasteiger partial charge in [0.15, 0.2) is 0 Å². The molecule has 0 radical (unpaired) electrons. The molecule has 3 aromatic carbocycles. The predicted molar refractivity (Wildman–Crippen MR) is 179 cm³/mol. The molecule has 1 aliphatic heterocycles. The van der Waals surface area contributed by atoms with Gasteiger partial charge in [0.25, 0.3) is 5.91 Å². The van der Waals surface area contributed by atoms with Crippen molar-refractivity contribution in [2.24, 2.45) is 0 Å². The Morgan fingerprint density at radius 2 is 1.40 bits per heavy atom. The van der Waals surface area contributed by atoms with E-state index >= 15 is 0 Å². The number of hydrogen-bond acceptors (Lipinski definition) is 6. The second-order valence-electron chi connectivity index (χ2n) is 12.4. The minimum Gasteiger partial charge on any atom is -0.444 e. The Kier molecular flexibility index (Phi) is 10.1. The van der Waals surface area contributed by atoms with Crippen LogP contribution in [0, 0.1) is 6.92 Å².